The highest BCUT2D eigenvalue weighted by Gasteiger charge is 2.45. The van der Waals surface area contributed by atoms with Crippen LogP contribution in [0.1, 0.15) is 49.9 Å². The van der Waals surface area contributed by atoms with Crippen molar-refractivity contribution in [3.8, 4) is 0 Å². The van der Waals surface area contributed by atoms with Crippen molar-refractivity contribution < 1.29 is 65.8 Å². The molecule has 5 N–H and O–H groups in total. The Labute approximate surface area is 482 Å². The zero-order valence-electron chi connectivity index (χ0n) is 42.9. The van der Waals surface area contributed by atoms with Crippen molar-refractivity contribution in [3.63, 3.8) is 0 Å². The quantitative estimate of drug-likeness (QED) is 0.0737. The fourth-order valence-electron chi connectivity index (χ4n) is 8.57. The number of aliphatic carboxylic acids is 1. The summed E-state index contributed by atoms with van der Waals surface area (Å²) in [7, 11) is 0. The standard InChI is InChI=1S/C52H52F4N6O6.C2H4O2.CO2.4H2S/c53-39-13-1-33(2-14-39)21-25-57-47(63)43-29-61(30-44(43)48(64)58-26-22-34-3-15-40(54)16-4-34)51(67)37-9-11-38(12-10-37)52(68)62-31-45(49(65)59-27-23-35-5-17-41(55)18-6-35)46(32-62)50(66)60-28-24-36-7-19-42(56)20-8-36;1-2(3)4;2-1-3;;;;/h1-20,43-46H,21-32H2,(H,57,63)(H,58,64)(H,59,65)(H,60,66);1H3,(H,3,4);;4*1H2/t43-,44-,45-,46-;;;;;;/m1....../s1. The molecule has 4 atom stereocenters. The molecule has 24 heteroatoms. The zero-order valence-corrected chi connectivity index (χ0v) is 46.9. The third-order valence-electron chi connectivity index (χ3n) is 12.4. The summed E-state index contributed by atoms with van der Waals surface area (Å²) in [6, 6.07) is 29.4. The van der Waals surface area contributed by atoms with Crippen molar-refractivity contribution in [2.45, 2.75) is 32.6 Å². The molecular weight excluding hydrogens is 1110 g/mol. The molecule has 5 aromatic carbocycles. The molecule has 2 aliphatic rings. The van der Waals surface area contributed by atoms with Crippen molar-refractivity contribution in [3.05, 3.63) is 178 Å². The molecule has 0 saturated carbocycles. The van der Waals surface area contributed by atoms with E-state index in [2.05, 4.69) is 21.3 Å². The number of hydrogen-bond donors (Lipinski definition) is 5. The molecule has 2 heterocycles. The van der Waals surface area contributed by atoms with Crippen molar-refractivity contribution in [1.82, 2.24) is 31.1 Å². The van der Waals surface area contributed by atoms with Crippen LogP contribution in [0.15, 0.2) is 121 Å². The number of carbonyl (C=O) groups is 7. The largest absolute Gasteiger partial charge is 0.481 e. The van der Waals surface area contributed by atoms with Crippen molar-refractivity contribution >= 4 is 102 Å². The van der Waals surface area contributed by atoms with Gasteiger partial charge in [-0.15, -0.1) is 0 Å². The summed E-state index contributed by atoms with van der Waals surface area (Å²) in [4.78, 5) is 111. The zero-order chi connectivity index (χ0) is 54.4. The first-order valence-electron chi connectivity index (χ1n) is 23.9. The molecule has 2 saturated heterocycles. The number of rotatable bonds is 18. The first-order chi connectivity index (χ1) is 36.0. The van der Waals surface area contributed by atoms with Gasteiger partial charge in [0.25, 0.3) is 17.8 Å². The minimum Gasteiger partial charge on any atom is -0.481 e. The average molecular weight is 1170 g/mol. The summed E-state index contributed by atoms with van der Waals surface area (Å²) in [5.74, 6) is -8.56. The van der Waals surface area contributed by atoms with Crippen LogP contribution in [0.5, 0.6) is 0 Å². The summed E-state index contributed by atoms with van der Waals surface area (Å²) >= 11 is 0. The number of carbonyl (C=O) groups excluding carboxylic acids is 8. The molecule has 0 unspecified atom stereocenters. The Hall–Kier alpha value is -7.11. The molecule has 0 aliphatic carbocycles. The number of carboxylic acid groups (broad SMARTS) is 1. The minimum absolute atomic E-state index is 0. The molecule has 6 amide bonds. The molecule has 0 aromatic heterocycles. The van der Waals surface area contributed by atoms with E-state index in [1.165, 1.54) is 82.6 Å². The molecule has 2 aliphatic heterocycles. The summed E-state index contributed by atoms with van der Waals surface area (Å²) in [6.07, 6.45) is 1.91. The van der Waals surface area contributed by atoms with Crippen LogP contribution < -0.4 is 21.3 Å². The lowest BCUT2D eigenvalue weighted by atomic mass is 9.94. The second kappa shape index (κ2) is 35.4. The number of nitrogens with one attached hydrogen (secondary N) is 4. The number of likely N-dealkylation sites (tertiary alicyclic amines) is 2. The van der Waals surface area contributed by atoms with Gasteiger partial charge in [-0.3, -0.25) is 33.6 Å². The van der Waals surface area contributed by atoms with E-state index in [1.54, 1.807) is 48.5 Å². The summed E-state index contributed by atoms with van der Waals surface area (Å²) in [5.41, 5.74) is 3.62. The van der Waals surface area contributed by atoms with E-state index in [4.69, 9.17) is 19.5 Å². The van der Waals surface area contributed by atoms with Gasteiger partial charge in [-0.2, -0.15) is 63.6 Å². The van der Waals surface area contributed by atoms with Crippen LogP contribution >= 0.6 is 54.0 Å². The van der Waals surface area contributed by atoms with E-state index in [0.717, 1.165) is 29.2 Å². The van der Waals surface area contributed by atoms with Crippen molar-refractivity contribution in [2.75, 3.05) is 52.4 Å². The Bertz CT molecular complexity index is 2480. The Kier molecular flexibility index (Phi) is 31.3. The van der Waals surface area contributed by atoms with E-state index in [-0.39, 0.29) is 147 Å². The summed E-state index contributed by atoms with van der Waals surface area (Å²) < 4.78 is 53.7. The minimum atomic E-state index is -0.893. The van der Waals surface area contributed by atoms with Gasteiger partial charge in [-0.25, -0.2) is 17.6 Å². The third kappa shape index (κ3) is 22.3. The van der Waals surface area contributed by atoms with E-state index in [9.17, 15) is 46.3 Å². The van der Waals surface area contributed by atoms with Gasteiger partial charge in [0.05, 0.1) is 23.7 Å². The monoisotopic (exact) mass is 1170 g/mol. The maximum absolute atomic E-state index is 14.0. The molecular formula is C55H64F4N6O10S4. The average Bonchev–Trinajstić information content (AvgIpc) is 4.05. The highest BCUT2D eigenvalue weighted by molar-refractivity contribution is 7.59. The Morgan fingerprint density at radius 3 is 0.772 bits per heavy atom. The Morgan fingerprint density at radius 2 is 0.595 bits per heavy atom. The second-order valence-electron chi connectivity index (χ2n) is 17.7. The number of halogens is 4. The van der Waals surface area contributed by atoms with Gasteiger partial charge in [0.2, 0.25) is 23.6 Å². The molecule has 7 rings (SSSR count). The molecule has 16 nitrogen and oxygen atoms in total. The SMILES string of the molecule is CC(=O)O.O=C(NCCc1ccc(F)cc1)[C@@H]1CN(C(=O)c2ccc(C(=O)N3C[C@@H](C(=O)NCCc4ccc(F)cc4)[C@H](C(=O)NCCc4ccc(F)cc4)C3)cc2)C[C@H]1C(=O)NCCc1ccc(F)cc1.O=C=O.S.S.S.S. The molecule has 5 aromatic rings. The Balaban J connectivity index is 0.00000268. The van der Waals surface area contributed by atoms with Crippen LogP contribution in [-0.2, 0) is 59.2 Å². The van der Waals surface area contributed by atoms with Crippen LogP contribution in [0.4, 0.5) is 17.6 Å². The molecule has 79 heavy (non-hydrogen) atoms. The van der Waals surface area contributed by atoms with Gasteiger partial charge in [-0.1, -0.05) is 48.5 Å². The number of hydrogen-bond acceptors (Lipinski definition) is 9. The third-order valence-corrected chi connectivity index (χ3v) is 12.4. The van der Waals surface area contributed by atoms with Gasteiger partial charge in [0.15, 0.2) is 0 Å². The number of nitrogens with zero attached hydrogens (tertiary/aromatic N) is 2. The number of carboxylic acids is 1. The number of benzene rings is 5. The Morgan fingerprint density at radius 1 is 0.418 bits per heavy atom. The molecule has 426 valence electrons. The van der Waals surface area contributed by atoms with Crippen LogP contribution in [0.3, 0.4) is 0 Å². The van der Waals surface area contributed by atoms with Crippen LogP contribution in [0, 0.1) is 46.9 Å². The van der Waals surface area contributed by atoms with Gasteiger partial charge >= 0.3 is 6.15 Å². The van der Waals surface area contributed by atoms with E-state index in [1.807, 2.05) is 0 Å². The van der Waals surface area contributed by atoms with E-state index in [0.29, 0.717) is 25.7 Å². The van der Waals surface area contributed by atoms with Gasteiger partial charge in [-0.05, 0) is 121 Å². The predicted molar refractivity (Wildman–Crippen MR) is 305 cm³/mol. The van der Waals surface area contributed by atoms with Gasteiger partial charge in [0.1, 0.15) is 23.3 Å². The van der Waals surface area contributed by atoms with Gasteiger partial charge < -0.3 is 36.2 Å². The summed E-state index contributed by atoms with van der Waals surface area (Å²) in [5, 5.41) is 18.9. The predicted octanol–water partition coefficient (Wildman–Crippen LogP) is 5.01. The maximum atomic E-state index is 14.0. The fourth-order valence-corrected chi connectivity index (χ4v) is 8.57. The van der Waals surface area contributed by atoms with Crippen molar-refractivity contribution in [2.24, 2.45) is 23.7 Å². The van der Waals surface area contributed by atoms with E-state index >= 15 is 0 Å². The summed E-state index contributed by atoms with van der Waals surface area (Å²) in [6.45, 7) is 1.69. The van der Waals surface area contributed by atoms with Crippen molar-refractivity contribution in [1.29, 1.82) is 0 Å². The smallest absolute Gasteiger partial charge is 0.373 e. The topological polar surface area (TPSA) is 228 Å². The second-order valence-corrected chi connectivity index (χ2v) is 17.7. The van der Waals surface area contributed by atoms with Crippen LogP contribution in [-0.4, -0.2) is 115 Å². The molecule has 2 fully saturated rings. The van der Waals surface area contributed by atoms with E-state index < -0.39 is 65.1 Å². The lowest BCUT2D eigenvalue weighted by molar-refractivity contribution is -0.191. The maximum Gasteiger partial charge on any atom is 0.373 e. The number of amides is 6. The molecule has 0 spiro atoms. The lowest BCUT2D eigenvalue weighted by Gasteiger charge is -2.18. The normalized spacial score (nSPS) is 15.6. The molecule has 0 bridgehead atoms. The van der Waals surface area contributed by atoms with Crippen LogP contribution in [0.2, 0.25) is 0 Å². The fraction of sp³-hybridized carbons (Fsp3) is 0.309. The highest BCUT2D eigenvalue weighted by atomic mass is 32.1. The first kappa shape index (κ1) is 69.9. The van der Waals surface area contributed by atoms with Gasteiger partial charge in [0, 0.05) is 70.4 Å². The highest BCUT2D eigenvalue weighted by Crippen LogP contribution is 2.28. The van der Waals surface area contributed by atoms with Crippen LogP contribution in [0.25, 0.3) is 0 Å². The lowest BCUT2D eigenvalue weighted by Crippen LogP contribution is -2.42. The first-order valence-corrected chi connectivity index (χ1v) is 23.9. The molecule has 0 radical (unpaired) electrons.